The Balaban J connectivity index is 2.26. The van der Waals surface area contributed by atoms with Crippen molar-refractivity contribution in [2.45, 2.75) is 37.9 Å². The van der Waals surface area contributed by atoms with E-state index in [0.29, 0.717) is 12.8 Å². The van der Waals surface area contributed by atoms with Crippen molar-refractivity contribution < 1.29 is 23.1 Å². The summed E-state index contributed by atoms with van der Waals surface area (Å²) in [4.78, 5) is 14.3. The van der Waals surface area contributed by atoms with Crippen molar-refractivity contribution in [3.63, 3.8) is 0 Å². The largest absolute Gasteiger partial charge is 0.480 e. The van der Waals surface area contributed by atoms with Gasteiger partial charge < -0.3 is 5.11 Å². The number of alkyl halides is 3. The standard InChI is InChI=1S/C10H12F3N3O2/c11-10(12,13)9-14-5-16(15-9)7(8(17)18)6-3-1-2-4-6/h5-7H,1-4H2,(H,17,18). The van der Waals surface area contributed by atoms with Crippen LogP contribution in [0.5, 0.6) is 0 Å². The molecule has 0 radical (unpaired) electrons. The molecule has 0 bridgehead atoms. The molecule has 5 nitrogen and oxygen atoms in total. The number of carboxylic acid groups (broad SMARTS) is 1. The molecule has 1 unspecified atom stereocenters. The topological polar surface area (TPSA) is 68.0 Å². The second kappa shape index (κ2) is 4.58. The smallest absolute Gasteiger partial charge is 0.453 e. The zero-order valence-electron chi connectivity index (χ0n) is 9.39. The molecular formula is C10H12F3N3O2. The van der Waals surface area contributed by atoms with E-state index in [9.17, 15) is 18.0 Å². The Kier molecular flexibility index (Phi) is 3.27. The predicted molar refractivity (Wildman–Crippen MR) is 53.7 cm³/mol. The van der Waals surface area contributed by atoms with E-state index in [4.69, 9.17) is 5.11 Å². The third kappa shape index (κ3) is 2.46. The van der Waals surface area contributed by atoms with Crippen molar-refractivity contribution in [2.24, 2.45) is 5.92 Å². The number of aromatic nitrogens is 3. The Morgan fingerprint density at radius 2 is 2.06 bits per heavy atom. The number of nitrogens with zero attached hydrogens (tertiary/aromatic N) is 3. The predicted octanol–water partition coefficient (Wildman–Crippen LogP) is 2.11. The second-order valence-electron chi connectivity index (χ2n) is 4.37. The zero-order valence-corrected chi connectivity index (χ0v) is 9.39. The van der Waals surface area contributed by atoms with E-state index in [0.717, 1.165) is 23.9 Å². The molecule has 8 heteroatoms. The SMILES string of the molecule is O=C(O)C(C1CCCC1)n1cnc(C(F)(F)F)n1. The van der Waals surface area contributed by atoms with Crippen LogP contribution in [-0.2, 0) is 11.0 Å². The average Bonchev–Trinajstić information content (AvgIpc) is 2.86. The van der Waals surface area contributed by atoms with E-state index >= 15 is 0 Å². The fourth-order valence-corrected chi connectivity index (χ4v) is 2.34. The highest BCUT2D eigenvalue weighted by Gasteiger charge is 2.38. The van der Waals surface area contributed by atoms with Crippen molar-refractivity contribution in [1.29, 1.82) is 0 Å². The molecule has 1 heterocycles. The number of halogens is 3. The number of hydrogen-bond donors (Lipinski definition) is 1. The molecule has 0 aromatic carbocycles. The third-order valence-corrected chi connectivity index (χ3v) is 3.15. The summed E-state index contributed by atoms with van der Waals surface area (Å²) in [6.45, 7) is 0. The molecule has 1 N–H and O–H groups in total. The summed E-state index contributed by atoms with van der Waals surface area (Å²) in [5.74, 6) is -2.64. The van der Waals surface area contributed by atoms with E-state index in [1.165, 1.54) is 0 Å². The average molecular weight is 263 g/mol. The van der Waals surface area contributed by atoms with Crippen LogP contribution in [0.15, 0.2) is 6.33 Å². The number of carboxylic acids is 1. The lowest BCUT2D eigenvalue weighted by atomic mass is 9.98. The quantitative estimate of drug-likeness (QED) is 0.906. The summed E-state index contributed by atoms with van der Waals surface area (Å²) >= 11 is 0. The highest BCUT2D eigenvalue weighted by atomic mass is 19.4. The molecule has 0 saturated heterocycles. The van der Waals surface area contributed by atoms with Gasteiger partial charge in [-0.3, -0.25) is 0 Å². The first-order chi connectivity index (χ1) is 8.39. The molecule has 0 amide bonds. The maximum Gasteiger partial charge on any atom is 0.453 e. The molecule has 0 aliphatic heterocycles. The van der Waals surface area contributed by atoms with Gasteiger partial charge in [0.2, 0.25) is 0 Å². The summed E-state index contributed by atoms with van der Waals surface area (Å²) in [7, 11) is 0. The first kappa shape index (κ1) is 12.8. The van der Waals surface area contributed by atoms with Crippen molar-refractivity contribution in [3.8, 4) is 0 Å². The van der Waals surface area contributed by atoms with E-state index in [1.807, 2.05) is 0 Å². The molecular weight excluding hydrogens is 251 g/mol. The van der Waals surface area contributed by atoms with Gasteiger partial charge in [0.1, 0.15) is 6.33 Å². The van der Waals surface area contributed by atoms with Gasteiger partial charge in [0, 0.05) is 0 Å². The Morgan fingerprint density at radius 1 is 1.44 bits per heavy atom. The van der Waals surface area contributed by atoms with Gasteiger partial charge >= 0.3 is 12.1 Å². The Morgan fingerprint density at radius 3 is 2.50 bits per heavy atom. The van der Waals surface area contributed by atoms with Crippen LogP contribution in [0.3, 0.4) is 0 Å². The molecule has 1 aromatic rings. The number of carbonyl (C=O) groups is 1. The number of hydrogen-bond acceptors (Lipinski definition) is 3. The molecule has 1 saturated carbocycles. The van der Waals surface area contributed by atoms with Crippen LogP contribution in [-0.4, -0.2) is 25.8 Å². The molecule has 100 valence electrons. The fourth-order valence-electron chi connectivity index (χ4n) is 2.34. The van der Waals surface area contributed by atoms with Gasteiger partial charge in [-0.25, -0.2) is 14.5 Å². The third-order valence-electron chi connectivity index (χ3n) is 3.15. The highest BCUT2D eigenvalue weighted by Crippen LogP contribution is 2.34. The van der Waals surface area contributed by atoms with Gasteiger partial charge in [-0.15, -0.1) is 5.10 Å². The summed E-state index contributed by atoms with van der Waals surface area (Å²) in [5, 5.41) is 12.4. The second-order valence-corrected chi connectivity index (χ2v) is 4.37. The zero-order chi connectivity index (χ0) is 13.3. The minimum atomic E-state index is -4.65. The lowest BCUT2D eigenvalue weighted by molar-refractivity contribution is -0.147. The normalized spacial score (nSPS) is 19.1. The van der Waals surface area contributed by atoms with Crippen LogP contribution in [0, 0.1) is 5.92 Å². The molecule has 1 aliphatic rings. The molecule has 0 spiro atoms. The van der Waals surface area contributed by atoms with Crippen molar-refractivity contribution in [3.05, 3.63) is 12.2 Å². The Bertz CT molecular complexity index is 438. The van der Waals surface area contributed by atoms with Gasteiger partial charge in [-0.1, -0.05) is 12.8 Å². The van der Waals surface area contributed by atoms with Crippen LogP contribution < -0.4 is 0 Å². The molecule has 18 heavy (non-hydrogen) atoms. The van der Waals surface area contributed by atoms with Gasteiger partial charge in [-0.05, 0) is 18.8 Å². The molecule has 1 atom stereocenters. The lowest BCUT2D eigenvalue weighted by Gasteiger charge is -2.18. The minimum absolute atomic E-state index is 0.176. The van der Waals surface area contributed by atoms with Crippen molar-refractivity contribution >= 4 is 5.97 Å². The van der Waals surface area contributed by atoms with E-state index in [2.05, 4.69) is 10.1 Å². The van der Waals surface area contributed by atoms with Gasteiger partial charge in [0.05, 0.1) is 0 Å². The van der Waals surface area contributed by atoms with Gasteiger partial charge in [-0.2, -0.15) is 13.2 Å². The van der Waals surface area contributed by atoms with Crippen molar-refractivity contribution in [1.82, 2.24) is 14.8 Å². The Hall–Kier alpha value is -1.60. The van der Waals surface area contributed by atoms with E-state index < -0.39 is 24.0 Å². The van der Waals surface area contributed by atoms with Crippen LogP contribution in [0.1, 0.15) is 37.5 Å². The van der Waals surface area contributed by atoms with Crippen LogP contribution in [0.4, 0.5) is 13.2 Å². The number of rotatable bonds is 3. The maximum atomic E-state index is 12.4. The first-order valence-corrected chi connectivity index (χ1v) is 5.60. The van der Waals surface area contributed by atoms with Gasteiger partial charge in [0.25, 0.3) is 5.82 Å². The minimum Gasteiger partial charge on any atom is -0.480 e. The Labute approximate surface area is 101 Å². The summed E-state index contributed by atoms with van der Waals surface area (Å²) < 4.78 is 37.9. The van der Waals surface area contributed by atoms with E-state index in [1.54, 1.807) is 0 Å². The molecule has 1 aliphatic carbocycles. The summed E-state index contributed by atoms with van der Waals surface area (Å²) in [6.07, 6.45) is -0.620. The van der Waals surface area contributed by atoms with Crippen molar-refractivity contribution in [2.75, 3.05) is 0 Å². The highest BCUT2D eigenvalue weighted by molar-refractivity contribution is 5.72. The molecule has 2 rings (SSSR count). The number of aliphatic carboxylic acids is 1. The van der Waals surface area contributed by atoms with Crippen LogP contribution in [0.2, 0.25) is 0 Å². The lowest BCUT2D eigenvalue weighted by Crippen LogP contribution is -2.26. The summed E-state index contributed by atoms with van der Waals surface area (Å²) in [6, 6.07) is -1.06. The van der Waals surface area contributed by atoms with Crippen LogP contribution >= 0.6 is 0 Å². The summed E-state index contributed by atoms with van der Waals surface area (Å²) in [5.41, 5.74) is 0. The van der Waals surface area contributed by atoms with Crippen LogP contribution in [0.25, 0.3) is 0 Å². The fraction of sp³-hybridized carbons (Fsp3) is 0.700. The van der Waals surface area contributed by atoms with Gasteiger partial charge in [0.15, 0.2) is 6.04 Å². The molecule has 1 aromatic heterocycles. The molecule has 1 fully saturated rings. The van der Waals surface area contributed by atoms with E-state index in [-0.39, 0.29) is 5.92 Å². The monoisotopic (exact) mass is 263 g/mol. The maximum absolute atomic E-state index is 12.4. The first-order valence-electron chi connectivity index (χ1n) is 5.60.